The minimum atomic E-state index is -1.40. The number of aromatic nitrogens is 1. The monoisotopic (exact) mass is 269 g/mol. The molecule has 104 valence electrons. The molecule has 0 amide bonds. The van der Waals surface area contributed by atoms with Crippen LogP contribution in [-0.4, -0.2) is 38.2 Å². The number of hydrogen-bond acceptors (Lipinski definition) is 6. The number of hydrogen-bond donors (Lipinski definition) is 3. The van der Waals surface area contributed by atoms with Gasteiger partial charge in [-0.15, -0.1) is 0 Å². The van der Waals surface area contributed by atoms with Crippen LogP contribution in [0.2, 0.25) is 0 Å². The molecule has 1 atom stereocenters. The van der Waals surface area contributed by atoms with Crippen LogP contribution in [0.4, 0.5) is 11.5 Å². The van der Waals surface area contributed by atoms with Crippen molar-refractivity contribution in [1.29, 1.82) is 0 Å². The van der Waals surface area contributed by atoms with E-state index in [-0.39, 0.29) is 12.4 Å². The van der Waals surface area contributed by atoms with E-state index in [9.17, 15) is 20.0 Å². The average Bonchev–Trinajstić information content (AvgIpc) is 2.36. The second-order valence-corrected chi connectivity index (χ2v) is 4.35. The fourth-order valence-corrected chi connectivity index (χ4v) is 1.27. The van der Waals surface area contributed by atoms with E-state index < -0.39 is 27.7 Å². The van der Waals surface area contributed by atoms with Crippen LogP contribution in [0, 0.1) is 10.1 Å². The molecule has 0 saturated heterocycles. The lowest BCUT2D eigenvalue weighted by Gasteiger charge is -2.21. The van der Waals surface area contributed by atoms with Crippen molar-refractivity contribution in [2.45, 2.75) is 25.9 Å². The van der Waals surface area contributed by atoms with Gasteiger partial charge in [0.25, 0.3) is 0 Å². The van der Waals surface area contributed by atoms with Gasteiger partial charge < -0.3 is 15.5 Å². The number of anilines is 1. The summed E-state index contributed by atoms with van der Waals surface area (Å²) in [5.41, 5.74) is -1.98. The molecule has 1 rings (SSSR count). The van der Waals surface area contributed by atoms with Gasteiger partial charge in [-0.25, -0.2) is 9.78 Å². The van der Waals surface area contributed by atoms with E-state index in [4.69, 9.17) is 5.11 Å². The summed E-state index contributed by atoms with van der Waals surface area (Å²) in [5.74, 6) is -1.24. The number of pyridine rings is 1. The zero-order valence-electron chi connectivity index (χ0n) is 10.6. The highest BCUT2D eigenvalue weighted by atomic mass is 16.6. The van der Waals surface area contributed by atoms with Crippen molar-refractivity contribution in [1.82, 2.24) is 4.98 Å². The molecule has 0 aliphatic carbocycles. The van der Waals surface area contributed by atoms with Gasteiger partial charge in [0.1, 0.15) is 17.6 Å². The zero-order valence-corrected chi connectivity index (χ0v) is 10.6. The summed E-state index contributed by atoms with van der Waals surface area (Å²) in [4.78, 5) is 24.5. The normalized spacial score (nSPS) is 13.6. The summed E-state index contributed by atoms with van der Waals surface area (Å²) >= 11 is 0. The van der Waals surface area contributed by atoms with Crippen molar-refractivity contribution in [3.63, 3.8) is 0 Å². The van der Waals surface area contributed by atoms with Crippen LogP contribution in [0.1, 0.15) is 30.6 Å². The van der Waals surface area contributed by atoms with Gasteiger partial charge >= 0.3 is 11.7 Å². The molecule has 0 saturated carbocycles. The maximum atomic E-state index is 10.9. The Bertz CT molecular complexity index is 501. The van der Waals surface area contributed by atoms with E-state index in [1.165, 1.54) is 0 Å². The van der Waals surface area contributed by atoms with Crippen LogP contribution in [0.3, 0.4) is 0 Å². The highest BCUT2D eigenvalue weighted by molar-refractivity contribution is 5.93. The van der Waals surface area contributed by atoms with E-state index in [1.807, 2.05) is 0 Å². The number of aliphatic hydroxyl groups is 1. The van der Waals surface area contributed by atoms with Gasteiger partial charge in [-0.05, 0) is 13.3 Å². The number of carboxylic acid groups (broad SMARTS) is 1. The first-order valence-corrected chi connectivity index (χ1v) is 5.61. The first-order chi connectivity index (χ1) is 8.76. The molecule has 0 aliphatic heterocycles. The first-order valence-electron chi connectivity index (χ1n) is 5.61. The number of carbonyl (C=O) groups is 1. The highest BCUT2D eigenvalue weighted by Gasteiger charge is 2.22. The third kappa shape index (κ3) is 3.88. The van der Waals surface area contributed by atoms with Gasteiger partial charge in [-0.2, -0.15) is 0 Å². The van der Waals surface area contributed by atoms with Gasteiger partial charge in [0, 0.05) is 12.6 Å². The lowest BCUT2D eigenvalue weighted by Crippen LogP contribution is -2.32. The molecule has 8 heteroatoms. The molecule has 8 nitrogen and oxygen atoms in total. The largest absolute Gasteiger partial charge is 0.477 e. The quantitative estimate of drug-likeness (QED) is 0.524. The Hall–Kier alpha value is -2.22. The van der Waals surface area contributed by atoms with Crippen molar-refractivity contribution in [2.75, 3.05) is 11.9 Å². The standard InChI is InChI=1S/C11H15N3O5/c1-3-11(2,17)6-13-9-4-7(10(15)16)8(5-12-9)14(18)19/h4-5,17H,3,6H2,1-2H3,(H,12,13)(H,15,16). The van der Waals surface area contributed by atoms with Crippen LogP contribution in [0.5, 0.6) is 0 Å². The third-order valence-electron chi connectivity index (χ3n) is 2.72. The van der Waals surface area contributed by atoms with Gasteiger partial charge in [-0.1, -0.05) is 6.92 Å². The minimum absolute atomic E-state index is 0.160. The van der Waals surface area contributed by atoms with Gasteiger partial charge in [-0.3, -0.25) is 10.1 Å². The molecule has 1 aromatic rings. The van der Waals surface area contributed by atoms with E-state index >= 15 is 0 Å². The fraction of sp³-hybridized carbons (Fsp3) is 0.455. The second kappa shape index (κ2) is 5.61. The smallest absolute Gasteiger partial charge is 0.342 e. The molecule has 1 aromatic heterocycles. The molecule has 1 heterocycles. The molecule has 1 unspecified atom stereocenters. The molecular formula is C11H15N3O5. The van der Waals surface area contributed by atoms with Crippen LogP contribution in [0.15, 0.2) is 12.3 Å². The summed E-state index contributed by atoms with van der Waals surface area (Å²) in [6, 6.07) is 1.08. The summed E-state index contributed by atoms with van der Waals surface area (Å²) in [6.45, 7) is 3.57. The first kappa shape index (κ1) is 14.8. The topological polar surface area (TPSA) is 126 Å². The Balaban J connectivity index is 2.97. The van der Waals surface area contributed by atoms with Gasteiger partial charge in [0.2, 0.25) is 0 Å². The van der Waals surface area contributed by atoms with Crippen molar-refractivity contribution in [2.24, 2.45) is 0 Å². The summed E-state index contributed by atoms with van der Waals surface area (Å²) in [6.07, 6.45) is 1.38. The minimum Gasteiger partial charge on any atom is -0.477 e. The SMILES string of the molecule is CCC(C)(O)CNc1cc(C(=O)O)c([N+](=O)[O-])cn1. The van der Waals surface area contributed by atoms with Crippen LogP contribution in [-0.2, 0) is 0 Å². The molecule has 0 fully saturated rings. The number of carboxylic acids is 1. The van der Waals surface area contributed by atoms with Crippen LogP contribution in [0.25, 0.3) is 0 Å². The number of nitrogens with zero attached hydrogens (tertiary/aromatic N) is 2. The molecule has 0 spiro atoms. The summed E-state index contributed by atoms with van der Waals surface area (Å²) in [7, 11) is 0. The summed E-state index contributed by atoms with van der Waals surface area (Å²) < 4.78 is 0. The highest BCUT2D eigenvalue weighted by Crippen LogP contribution is 2.20. The Morgan fingerprint density at radius 3 is 2.74 bits per heavy atom. The van der Waals surface area contributed by atoms with Crippen LogP contribution < -0.4 is 5.32 Å². The summed E-state index contributed by atoms with van der Waals surface area (Å²) in [5, 5.41) is 32.1. The maximum absolute atomic E-state index is 10.9. The van der Waals surface area contributed by atoms with Gasteiger partial charge in [0.05, 0.1) is 10.5 Å². The Morgan fingerprint density at radius 2 is 2.26 bits per heavy atom. The predicted octanol–water partition coefficient (Wildman–Crippen LogP) is 1.26. The number of nitro groups is 1. The van der Waals surface area contributed by atoms with Crippen molar-refractivity contribution in [3.05, 3.63) is 27.9 Å². The van der Waals surface area contributed by atoms with E-state index in [0.29, 0.717) is 6.42 Å². The lowest BCUT2D eigenvalue weighted by atomic mass is 10.0. The van der Waals surface area contributed by atoms with Crippen molar-refractivity contribution in [3.8, 4) is 0 Å². The molecule has 0 bridgehead atoms. The number of nitrogens with one attached hydrogen (secondary N) is 1. The molecule has 0 aliphatic rings. The fourth-order valence-electron chi connectivity index (χ4n) is 1.27. The van der Waals surface area contributed by atoms with Crippen molar-refractivity contribution >= 4 is 17.5 Å². The maximum Gasteiger partial charge on any atom is 0.342 e. The predicted molar refractivity (Wildman–Crippen MR) is 67.3 cm³/mol. The number of rotatable bonds is 6. The molecular weight excluding hydrogens is 254 g/mol. The molecule has 0 aromatic carbocycles. The van der Waals surface area contributed by atoms with Gasteiger partial charge in [0.15, 0.2) is 0 Å². The van der Waals surface area contributed by atoms with E-state index in [2.05, 4.69) is 10.3 Å². The van der Waals surface area contributed by atoms with Crippen molar-refractivity contribution < 1.29 is 19.9 Å². The molecule has 0 radical (unpaired) electrons. The molecule has 3 N–H and O–H groups in total. The Labute approximate surface area is 109 Å². The lowest BCUT2D eigenvalue weighted by molar-refractivity contribution is -0.385. The number of aromatic carboxylic acids is 1. The third-order valence-corrected chi connectivity index (χ3v) is 2.72. The zero-order chi connectivity index (χ0) is 14.6. The van der Waals surface area contributed by atoms with E-state index in [1.54, 1.807) is 13.8 Å². The Morgan fingerprint density at radius 1 is 1.63 bits per heavy atom. The second-order valence-electron chi connectivity index (χ2n) is 4.35. The van der Waals surface area contributed by atoms with E-state index in [0.717, 1.165) is 12.3 Å². The van der Waals surface area contributed by atoms with Crippen LogP contribution >= 0.6 is 0 Å². The average molecular weight is 269 g/mol. The Kier molecular flexibility index (Phi) is 4.38. The molecule has 19 heavy (non-hydrogen) atoms.